The SMILES string of the molecule is O=C1NCCN(C/C=C/c2ccccc2)[C@@H]1CC(=O)N1CCOCC1. The van der Waals surface area contributed by atoms with E-state index in [2.05, 4.69) is 16.3 Å². The van der Waals surface area contributed by atoms with Crippen LogP contribution in [0.3, 0.4) is 0 Å². The highest BCUT2D eigenvalue weighted by molar-refractivity contribution is 5.89. The van der Waals surface area contributed by atoms with E-state index >= 15 is 0 Å². The number of hydrogen-bond acceptors (Lipinski definition) is 4. The molecule has 1 aromatic rings. The molecular weight excluding hydrogens is 318 g/mol. The summed E-state index contributed by atoms with van der Waals surface area (Å²) in [6.45, 7) is 4.41. The molecule has 0 bridgehead atoms. The molecule has 2 aliphatic rings. The fraction of sp³-hybridized carbons (Fsp3) is 0.474. The monoisotopic (exact) mass is 343 g/mol. The van der Waals surface area contributed by atoms with E-state index in [4.69, 9.17) is 4.74 Å². The normalized spacial score (nSPS) is 22.2. The van der Waals surface area contributed by atoms with Crippen LogP contribution in [0.15, 0.2) is 36.4 Å². The van der Waals surface area contributed by atoms with Gasteiger partial charge in [-0.15, -0.1) is 0 Å². The molecule has 2 fully saturated rings. The van der Waals surface area contributed by atoms with Crippen molar-refractivity contribution in [3.05, 3.63) is 42.0 Å². The molecule has 3 rings (SSSR count). The number of hydrogen-bond donors (Lipinski definition) is 1. The van der Waals surface area contributed by atoms with E-state index < -0.39 is 6.04 Å². The second kappa shape index (κ2) is 8.78. The highest BCUT2D eigenvalue weighted by Gasteiger charge is 2.32. The number of nitrogens with zero attached hydrogens (tertiary/aromatic N) is 2. The molecule has 0 aromatic heterocycles. The van der Waals surface area contributed by atoms with E-state index in [9.17, 15) is 9.59 Å². The van der Waals surface area contributed by atoms with Gasteiger partial charge in [-0.1, -0.05) is 42.5 Å². The second-order valence-corrected chi connectivity index (χ2v) is 6.31. The Labute approximate surface area is 148 Å². The molecule has 2 aliphatic heterocycles. The summed E-state index contributed by atoms with van der Waals surface area (Å²) in [5.41, 5.74) is 1.13. The van der Waals surface area contributed by atoms with Crippen LogP contribution in [0, 0.1) is 0 Å². The van der Waals surface area contributed by atoms with Gasteiger partial charge in [-0.25, -0.2) is 0 Å². The zero-order valence-electron chi connectivity index (χ0n) is 14.4. The highest BCUT2D eigenvalue weighted by atomic mass is 16.5. The smallest absolute Gasteiger partial charge is 0.237 e. The molecule has 0 unspecified atom stereocenters. The highest BCUT2D eigenvalue weighted by Crippen LogP contribution is 2.12. The van der Waals surface area contributed by atoms with Gasteiger partial charge in [0.2, 0.25) is 11.8 Å². The molecule has 0 spiro atoms. The first-order chi connectivity index (χ1) is 12.2. The van der Waals surface area contributed by atoms with Crippen LogP contribution in [0.4, 0.5) is 0 Å². The van der Waals surface area contributed by atoms with Crippen LogP contribution in [0.25, 0.3) is 6.08 Å². The Bertz CT molecular complexity index is 612. The molecule has 0 radical (unpaired) electrons. The van der Waals surface area contributed by atoms with Crippen molar-refractivity contribution >= 4 is 17.9 Å². The van der Waals surface area contributed by atoms with Crippen LogP contribution in [0.1, 0.15) is 12.0 Å². The zero-order valence-corrected chi connectivity index (χ0v) is 14.4. The minimum Gasteiger partial charge on any atom is -0.378 e. The molecule has 6 heteroatoms. The Morgan fingerprint density at radius 1 is 1.20 bits per heavy atom. The van der Waals surface area contributed by atoms with Gasteiger partial charge in [0.15, 0.2) is 0 Å². The predicted octanol–water partition coefficient (Wildman–Crippen LogP) is 0.749. The number of benzene rings is 1. The first-order valence-corrected chi connectivity index (χ1v) is 8.83. The summed E-state index contributed by atoms with van der Waals surface area (Å²) in [4.78, 5) is 28.7. The maximum atomic E-state index is 12.5. The lowest BCUT2D eigenvalue weighted by atomic mass is 10.1. The second-order valence-electron chi connectivity index (χ2n) is 6.31. The van der Waals surface area contributed by atoms with E-state index in [1.807, 2.05) is 36.4 Å². The number of amides is 2. The third kappa shape index (κ3) is 4.90. The Kier molecular flexibility index (Phi) is 6.19. The molecule has 1 aromatic carbocycles. The fourth-order valence-corrected chi connectivity index (χ4v) is 3.20. The van der Waals surface area contributed by atoms with Crippen molar-refractivity contribution in [3.8, 4) is 0 Å². The average Bonchev–Trinajstić information content (AvgIpc) is 2.66. The van der Waals surface area contributed by atoms with Gasteiger partial charge in [-0.3, -0.25) is 14.5 Å². The Balaban J connectivity index is 1.59. The van der Waals surface area contributed by atoms with Crippen molar-refractivity contribution in [1.82, 2.24) is 15.1 Å². The summed E-state index contributed by atoms with van der Waals surface area (Å²) in [6, 6.07) is 9.66. The number of carbonyl (C=O) groups is 2. The number of piperazine rings is 1. The lowest BCUT2D eigenvalue weighted by Gasteiger charge is -2.35. The summed E-state index contributed by atoms with van der Waals surface area (Å²) in [5.74, 6) is -0.0247. The summed E-state index contributed by atoms with van der Waals surface area (Å²) in [5, 5.41) is 2.88. The summed E-state index contributed by atoms with van der Waals surface area (Å²) in [6.07, 6.45) is 4.33. The van der Waals surface area contributed by atoms with Crippen molar-refractivity contribution in [2.45, 2.75) is 12.5 Å². The first kappa shape index (κ1) is 17.6. The van der Waals surface area contributed by atoms with Crippen LogP contribution in [-0.2, 0) is 14.3 Å². The van der Waals surface area contributed by atoms with Crippen molar-refractivity contribution in [2.75, 3.05) is 45.9 Å². The molecule has 2 saturated heterocycles. The number of rotatable bonds is 5. The maximum Gasteiger partial charge on any atom is 0.237 e. The van der Waals surface area contributed by atoms with Crippen molar-refractivity contribution in [1.29, 1.82) is 0 Å². The van der Waals surface area contributed by atoms with Crippen molar-refractivity contribution < 1.29 is 14.3 Å². The van der Waals surface area contributed by atoms with Gasteiger partial charge in [-0.05, 0) is 5.56 Å². The average molecular weight is 343 g/mol. The van der Waals surface area contributed by atoms with Crippen LogP contribution >= 0.6 is 0 Å². The summed E-state index contributed by atoms with van der Waals surface area (Å²) in [7, 11) is 0. The van der Waals surface area contributed by atoms with Gasteiger partial charge < -0.3 is 15.0 Å². The van der Waals surface area contributed by atoms with Gasteiger partial charge in [-0.2, -0.15) is 0 Å². The number of nitrogens with one attached hydrogen (secondary N) is 1. The lowest BCUT2D eigenvalue weighted by Crippen LogP contribution is -2.57. The molecule has 0 saturated carbocycles. The zero-order chi connectivity index (χ0) is 17.5. The Morgan fingerprint density at radius 2 is 1.96 bits per heavy atom. The van der Waals surface area contributed by atoms with Crippen LogP contribution in [0.5, 0.6) is 0 Å². The molecule has 0 aliphatic carbocycles. The van der Waals surface area contributed by atoms with Crippen molar-refractivity contribution in [3.63, 3.8) is 0 Å². The third-order valence-electron chi connectivity index (χ3n) is 4.62. The van der Waals surface area contributed by atoms with Crippen LogP contribution in [-0.4, -0.2) is 73.6 Å². The molecule has 1 N–H and O–H groups in total. The van der Waals surface area contributed by atoms with Crippen LogP contribution in [0.2, 0.25) is 0 Å². The predicted molar refractivity (Wildman–Crippen MR) is 95.9 cm³/mol. The standard InChI is InChI=1S/C19H25N3O3/c23-18(22-11-13-25-14-12-22)15-17-19(24)20-8-10-21(17)9-4-7-16-5-2-1-3-6-16/h1-7,17H,8-15H2,(H,20,24)/b7-4+/t17-/m1/s1. The Morgan fingerprint density at radius 3 is 2.72 bits per heavy atom. The minimum absolute atomic E-state index is 0.0300. The molecule has 1 atom stereocenters. The van der Waals surface area contributed by atoms with E-state index in [1.54, 1.807) is 4.90 Å². The molecule has 134 valence electrons. The topological polar surface area (TPSA) is 61.9 Å². The number of morpholine rings is 1. The van der Waals surface area contributed by atoms with E-state index in [0.717, 1.165) is 12.1 Å². The van der Waals surface area contributed by atoms with E-state index in [0.29, 0.717) is 39.4 Å². The number of carbonyl (C=O) groups excluding carboxylic acids is 2. The van der Waals surface area contributed by atoms with Gasteiger partial charge in [0.05, 0.1) is 25.7 Å². The molecule has 25 heavy (non-hydrogen) atoms. The quantitative estimate of drug-likeness (QED) is 0.857. The summed E-state index contributed by atoms with van der Waals surface area (Å²) >= 11 is 0. The van der Waals surface area contributed by atoms with E-state index in [1.165, 1.54) is 0 Å². The first-order valence-electron chi connectivity index (χ1n) is 8.83. The third-order valence-corrected chi connectivity index (χ3v) is 4.62. The van der Waals surface area contributed by atoms with Gasteiger partial charge in [0.25, 0.3) is 0 Å². The fourth-order valence-electron chi connectivity index (χ4n) is 3.20. The van der Waals surface area contributed by atoms with E-state index in [-0.39, 0.29) is 18.2 Å². The largest absolute Gasteiger partial charge is 0.378 e. The van der Waals surface area contributed by atoms with Gasteiger partial charge in [0.1, 0.15) is 0 Å². The summed E-state index contributed by atoms with van der Waals surface area (Å²) < 4.78 is 5.28. The van der Waals surface area contributed by atoms with Crippen LogP contribution < -0.4 is 5.32 Å². The Hall–Kier alpha value is -2.18. The molecule has 6 nitrogen and oxygen atoms in total. The molecule has 2 heterocycles. The molecular formula is C19H25N3O3. The minimum atomic E-state index is -0.399. The number of ether oxygens (including phenoxy) is 1. The molecule has 2 amide bonds. The van der Waals surface area contributed by atoms with Gasteiger partial charge >= 0.3 is 0 Å². The van der Waals surface area contributed by atoms with Gasteiger partial charge in [0, 0.05) is 32.7 Å². The lowest BCUT2D eigenvalue weighted by molar-refractivity contribution is -0.141. The maximum absolute atomic E-state index is 12.5. The van der Waals surface area contributed by atoms with Crippen molar-refractivity contribution in [2.24, 2.45) is 0 Å².